The Balaban J connectivity index is 2.30. The van der Waals surface area contributed by atoms with E-state index in [4.69, 9.17) is 9.47 Å². The van der Waals surface area contributed by atoms with Crippen molar-refractivity contribution in [1.82, 2.24) is 14.6 Å². The Kier molecular flexibility index (Phi) is 3.36. The highest BCUT2D eigenvalue weighted by atomic mass is 16.5. The third-order valence-electron chi connectivity index (χ3n) is 2.42. The van der Waals surface area contributed by atoms with Gasteiger partial charge in [0.2, 0.25) is 5.88 Å². The molecule has 2 rings (SSSR count). The van der Waals surface area contributed by atoms with E-state index in [-0.39, 0.29) is 0 Å². The number of hydrogen-bond acceptors (Lipinski definition) is 4. The van der Waals surface area contributed by atoms with Gasteiger partial charge in [0, 0.05) is 20.1 Å². The van der Waals surface area contributed by atoms with Gasteiger partial charge >= 0.3 is 0 Å². The molecule has 0 aliphatic carbocycles. The zero-order chi connectivity index (χ0) is 11.4. The molecule has 16 heavy (non-hydrogen) atoms. The molecule has 0 radical (unpaired) electrons. The lowest BCUT2D eigenvalue weighted by atomic mass is 10.3. The van der Waals surface area contributed by atoms with Crippen molar-refractivity contribution in [3.8, 4) is 5.88 Å². The number of nitrogens with zero attached hydrogens (tertiary/aromatic N) is 3. The Bertz CT molecular complexity index is 467. The van der Waals surface area contributed by atoms with Gasteiger partial charge < -0.3 is 9.47 Å². The fourth-order valence-electron chi connectivity index (χ4n) is 1.67. The molecule has 0 unspecified atom stereocenters. The van der Waals surface area contributed by atoms with Crippen molar-refractivity contribution in [2.75, 3.05) is 20.8 Å². The molecule has 0 fully saturated rings. The van der Waals surface area contributed by atoms with Crippen molar-refractivity contribution in [2.45, 2.75) is 12.8 Å². The third-order valence-corrected chi connectivity index (χ3v) is 2.42. The quantitative estimate of drug-likeness (QED) is 0.714. The summed E-state index contributed by atoms with van der Waals surface area (Å²) in [5, 5.41) is 8.25. The number of ether oxygens (including phenoxy) is 2. The van der Waals surface area contributed by atoms with E-state index in [1.165, 1.54) is 0 Å². The van der Waals surface area contributed by atoms with E-state index < -0.39 is 0 Å². The molecule has 0 amide bonds. The lowest BCUT2D eigenvalue weighted by Crippen LogP contribution is -2.01. The summed E-state index contributed by atoms with van der Waals surface area (Å²) in [6.45, 7) is 0.726. The second-order valence-electron chi connectivity index (χ2n) is 3.47. The highest BCUT2D eigenvalue weighted by Gasteiger charge is 2.08. The van der Waals surface area contributed by atoms with Crippen LogP contribution in [0, 0.1) is 0 Å². The van der Waals surface area contributed by atoms with E-state index in [1.807, 2.05) is 22.6 Å². The highest BCUT2D eigenvalue weighted by molar-refractivity contribution is 5.42. The largest absolute Gasteiger partial charge is 0.482 e. The molecule has 0 aromatic carbocycles. The lowest BCUT2D eigenvalue weighted by molar-refractivity contribution is 0.194. The maximum Gasteiger partial charge on any atom is 0.200 e. The molecule has 86 valence electrons. The van der Waals surface area contributed by atoms with Gasteiger partial charge in [-0.15, -0.1) is 10.2 Å². The molecule has 0 saturated carbocycles. The molecule has 0 aliphatic heterocycles. The van der Waals surface area contributed by atoms with E-state index in [1.54, 1.807) is 14.2 Å². The summed E-state index contributed by atoms with van der Waals surface area (Å²) in [6, 6.07) is 5.72. The first kappa shape index (κ1) is 10.9. The van der Waals surface area contributed by atoms with Crippen molar-refractivity contribution in [2.24, 2.45) is 0 Å². The van der Waals surface area contributed by atoms with Crippen LogP contribution in [0.4, 0.5) is 0 Å². The Morgan fingerprint density at radius 1 is 1.25 bits per heavy atom. The van der Waals surface area contributed by atoms with E-state index in [0.29, 0.717) is 0 Å². The molecular weight excluding hydrogens is 206 g/mol. The van der Waals surface area contributed by atoms with Crippen LogP contribution in [0.3, 0.4) is 0 Å². The van der Waals surface area contributed by atoms with Crippen molar-refractivity contribution >= 4 is 5.65 Å². The molecule has 0 aliphatic rings. The summed E-state index contributed by atoms with van der Waals surface area (Å²) in [7, 11) is 3.34. The first-order valence-electron chi connectivity index (χ1n) is 5.22. The van der Waals surface area contributed by atoms with Crippen LogP contribution in [0.15, 0.2) is 18.2 Å². The summed E-state index contributed by atoms with van der Waals surface area (Å²) < 4.78 is 12.2. The number of fused-ring (bicyclic) bond motifs is 1. The maximum atomic E-state index is 5.28. The van der Waals surface area contributed by atoms with Gasteiger partial charge in [0.05, 0.1) is 7.11 Å². The SMILES string of the molecule is COCCCc1nnc2cccc(OC)n12. The summed E-state index contributed by atoms with van der Waals surface area (Å²) in [6.07, 6.45) is 1.75. The zero-order valence-corrected chi connectivity index (χ0v) is 9.51. The lowest BCUT2D eigenvalue weighted by Gasteiger charge is -2.05. The van der Waals surface area contributed by atoms with Crippen LogP contribution in [0.2, 0.25) is 0 Å². The Morgan fingerprint density at radius 3 is 2.88 bits per heavy atom. The van der Waals surface area contributed by atoms with Crippen molar-refractivity contribution in [3.05, 3.63) is 24.0 Å². The van der Waals surface area contributed by atoms with Gasteiger partial charge in [0.25, 0.3) is 0 Å². The average Bonchev–Trinajstić information content (AvgIpc) is 2.73. The second-order valence-corrected chi connectivity index (χ2v) is 3.47. The van der Waals surface area contributed by atoms with Crippen LogP contribution in [-0.2, 0) is 11.2 Å². The van der Waals surface area contributed by atoms with Gasteiger partial charge in [0.1, 0.15) is 5.82 Å². The standard InChI is InChI=1S/C11H15N3O2/c1-15-8-4-6-10-13-12-9-5-3-7-11(16-2)14(9)10/h3,5,7H,4,6,8H2,1-2H3. The summed E-state index contributed by atoms with van der Waals surface area (Å²) in [5.41, 5.74) is 0.812. The molecule has 2 aromatic heterocycles. The van der Waals surface area contributed by atoms with Gasteiger partial charge in [-0.2, -0.15) is 0 Å². The molecule has 2 heterocycles. The van der Waals surface area contributed by atoms with Gasteiger partial charge in [-0.3, -0.25) is 0 Å². The van der Waals surface area contributed by atoms with E-state index in [0.717, 1.165) is 36.8 Å². The number of pyridine rings is 1. The number of methoxy groups -OCH3 is 2. The van der Waals surface area contributed by atoms with Crippen LogP contribution in [0.1, 0.15) is 12.2 Å². The molecule has 0 N–H and O–H groups in total. The summed E-state index contributed by atoms with van der Waals surface area (Å²) in [4.78, 5) is 0. The summed E-state index contributed by atoms with van der Waals surface area (Å²) in [5.74, 6) is 1.67. The number of aryl methyl sites for hydroxylation is 1. The number of rotatable bonds is 5. The molecule has 0 saturated heterocycles. The van der Waals surface area contributed by atoms with E-state index in [2.05, 4.69) is 10.2 Å². The topological polar surface area (TPSA) is 48.7 Å². The highest BCUT2D eigenvalue weighted by Crippen LogP contribution is 2.15. The van der Waals surface area contributed by atoms with Crippen LogP contribution >= 0.6 is 0 Å². The molecular formula is C11H15N3O2. The first-order chi connectivity index (χ1) is 7.86. The summed E-state index contributed by atoms with van der Waals surface area (Å²) >= 11 is 0. The minimum atomic E-state index is 0.726. The maximum absolute atomic E-state index is 5.28. The molecule has 0 spiro atoms. The van der Waals surface area contributed by atoms with Crippen LogP contribution in [0.25, 0.3) is 5.65 Å². The fraction of sp³-hybridized carbons (Fsp3) is 0.455. The Hall–Kier alpha value is -1.62. The zero-order valence-electron chi connectivity index (χ0n) is 9.51. The van der Waals surface area contributed by atoms with Gasteiger partial charge in [0.15, 0.2) is 5.65 Å². The van der Waals surface area contributed by atoms with Crippen LogP contribution in [-0.4, -0.2) is 35.4 Å². The van der Waals surface area contributed by atoms with Gasteiger partial charge in [-0.25, -0.2) is 4.40 Å². The average molecular weight is 221 g/mol. The predicted octanol–water partition coefficient (Wildman–Crippen LogP) is 1.32. The Labute approximate surface area is 94.0 Å². The number of hydrogen-bond donors (Lipinski definition) is 0. The normalized spacial score (nSPS) is 10.9. The minimum absolute atomic E-state index is 0.726. The van der Waals surface area contributed by atoms with Gasteiger partial charge in [-0.1, -0.05) is 6.07 Å². The van der Waals surface area contributed by atoms with Crippen molar-refractivity contribution in [3.63, 3.8) is 0 Å². The predicted molar refractivity (Wildman–Crippen MR) is 59.7 cm³/mol. The molecule has 2 aromatic rings. The van der Waals surface area contributed by atoms with E-state index in [9.17, 15) is 0 Å². The monoisotopic (exact) mass is 221 g/mol. The van der Waals surface area contributed by atoms with Crippen molar-refractivity contribution < 1.29 is 9.47 Å². The second kappa shape index (κ2) is 4.94. The minimum Gasteiger partial charge on any atom is -0.482 e. The van der Waals surface area contributed by atoms with E-state index >= 15 is 0 Å². The fourth-order valence-corrected chi connectivity index (χ4v) is 1.67. The smallest absolute Gasteiger partial charge is 0.200 e. The first-order valence-corrected chi connectivity index (χ1v) is 5.22. The molecule has 0 bridgehead atoms. The third kappa shape index (κ3) is 1.99. The van der Waals surface area contributed by atoms with Gasteiger partial charge in [-0.05, 0) is 18.6 Å². The van der Waals surface area contributed by atoms with Crippen LogP contribution < -0.4 is 4.74 Å². The van der Waals surface area contributed by atoms with Crippen molar-refractivity contribution in [1.29, 1.82) is 0 Å². The number of aromatic nitrogens is 3. The molecule has 5 heteroatoms. The molecule has 5 nitrogen and oxygen atoms in total. The molecule has 0 atom stereocenters. The Morgan fingerprint density at radius 2 is 2.12 bits per heavy atom. The van der Waals surface area contributed by atoms with Crippen LogP contribution in [0.5, 0.6) is 5.88 Å².